The van der Waals surface area contributed by atoms with E-state index in [2.05, 4.69) is 10.2 Å². The summed E-state index contributed by atoms with van der Waals surface area (Å²) < 4.78 is 10.4. The standard InChI is InChI=1S/C15H29ClN2O4/c1-14(2,3)21-12(19)11(18-16)9-7-8-10-17-13(20)22-15(4,5)6/h11,18H,7-10H2,1-6H3,(H,17,20)/t11-/m0/s1. The van der Waals surface area contributed by atoms with Crippen molar-refractivity contribution in [2.24, 2.45) is 0 Å². The zero-order valence-electron chi connectivity index (χ0n) is 14.4. The molecule has 0 heterocycles. The van der Waals surface area contributed by atoms with Crippen LogP contribution in [0.1, 0.15) is 60.8 Å². The summed E-state index contributed by atoms with van der Waals surface area (Å²) in [7, 11) is 0. The summed E-state index contributed by atoms with van der Waals surface area (Å²) in [5.74, 6) is -0.373. The SMILES string of the molecule is CC(C)(C)OC(=O)NCCCC[C@H](NCl)C(=O)OC(C)(C)C. The van der Waals surface area contributed by atoms with Gasteiger partial charge in [0.15, 0.2) is 0 Å². The topological polar surface area (TPSA) is 76.7 Å². The predicted molar refractivity (Wildman–Crippen MR) is 86.7 cm³/mol. The molecule has 0 aliphatic carbocycles. The molecule has 2 N–H and O–H groups in total. The summed E-state index contributed by atoms with van der Waals surface area (Å²) in [6.07, 6.45) is 1.54. The van der Waals surface area contributed by atoms with E-state index in [4.69, 9.17) is 21.3 Å². The van der Waals surface area contributed by atoms with E-state index in [0.29, 0.717) is 13.0 Å². The minimum absolute atomic E-state index is 0.373. The van der Waals surface area contributed by atoms with Gasteiger partial charge in [-0.2, -0.15) is 0 Å². The molecule has 0 aromatic heterocycles. The van der Waals surface area contributed by atoms with Gasteiger partial charge < -0.3 is 14.8 Å². The molecule has 0 unspecified atom stereocenters. The van der Waals surface area contributed by atoms with Crippen molar-refractivity contribution in [1.82, 2.24) is 10.2 Å². The zero-order valence-corrected chi connectivity index (χ0v) is 15.2. The van der Waals surface area contributed by atoms with Crippen LogP contribution in [0.25, 0.3) is 0 Å². The smallest absolute Gasteiger partial charge is 0.407 e. The number of carbonyl (C=O) groups excluding carboxylic acids is 2. The zero-order chi connectivity index (χ0) is 17.4. The first-order valence-electron chi connectivity index (χ1n) is 7.50. The molecule has 0 aromatic rings. The lowest BCUT2D eigenvalue weighted by atomic mass is 10.1. The molecule has 0 rings (SSSR count). The number of ether oxygens (including phenoxy) is 2. The van der Waals surface area contributed by atoms with E-state index in [9.17, 15) is 9.59 Å². The Labute approximate surface area is 138 Å². The second kappa shape index (κ2) is 9.20. The Bertz CT molecular complexity index is 362. The van der Waals surface area contributed by atoms with Crippen LogP contribution in [0.15, 0.2) is 0 Å². The molecule has 1 atom stereocenters. The number of esters is 1. The Balaban J connectivity index is 3.93. The highest BCUT2D eigenvalue weighted by Gasteiger charge is 2.24. The molecule has 0 saturated carbocycles. The fraction of sp³-hybridized carbons (Fsp3) is 0.867. The number of unbranched alkanes of at least 4 members (excludes halogenated alkanes) is 1. The highest BCUT2D eigenvalue weighted by molar-refractivity contribution is 6.14. The van der Waals surface area contributed by atoms with Gasteiger partial charge in [0.1, 0.15) is 17.2 Å². The third kappa shape index (κ3) is 11.6. The Morgan fingerprint density at radius 3 is 2.00 bits per heavy atom. The Morgan fingerprint density at radius 2 is 1.55 bits per heavy atom. The average molecular weight is 337 g/mol. The van der Waals surface area contributed by atoms with Crippen LogP contribution in [0.2, 0.25) is 0 Å². The largest absolute Gasteiger partial charge is 0.459 e. The van der Waals surface area contributed by atoms with E-state index < -0.39 is 23.3 Å². The van der Waals surface area contributed by atoms with Gasteiger partial charge in [-0.25, -0.2) is 9.63 Å². The molecular weight excluding hydrogens is 308 g/mol. The van der Waals surface area contributed by atoms with E-state index in [-0.39, 0.29) is 5.97 Å². The third-order valence-electron chi connectivity index (χ3n) is 2.41. The summed E-state index contributed by atoms with van der Waals surface area (Å²) in [4.78, 5) is 25.7. The number of amides is 1. The van der Waals surface area contributed by atoms with Crippen molar-refractivity contribution in [2.45, 2.75) is 78.0 Å². The Kier molecular flexibility index (Phi) is 8.78. The minimum Gasteiger partial charge on any atom is -0.459 e. The maximum absolute atomic E-state index is 11.9. The summed E-state index contributed by atoms with van der Waals surface area (Å²) in [5.41, 5.74) is -1.05. The molecule has 0 saturated heterocycles. The molecule has 0 fully saturated rings. The van der Waals surface area contributed by atoms with Crippen molar-refractivity contribution in [3.63, 3.8) is 0 Å². The molecule has 0 aliphatic rings. The van der Waals surface area contributed by atoms with Gasteiger partial charge in [-0.1, -0.05) is 0 Å². The van der Waals surface area contributed by atoms with Crippen LogP contribution in [0.3, 0.4) is 0 Å². The van der Waals surface area contributed by atoms with Crippen LogP contribution in [-0.2, 0) is 14.3 Å². The van der Waals surface area contributed by atoms with Gasteiger partial charge in [-0.3, -0.25) is 4.79 Å². The summed E-state index contributed by atoms with van der Waals surface area (Å²) in [5, 5.41) is 2.67. The first-order valence-corrected chi connectivity index (χ1v) is 7.88. The summed E-state index contributed by atoms with van der Waals surface area (Å²) >= 11 is 5.59. The lowest BCUT2D eigenvalue weighted by Crippen LogP contribution is -2.37. The number of hydrogen-bond donors (Lipinski definition) is 2. The number of carbonyl (C=O) groups is 2. The number of rotatable bonds is 7. The first-order chi connectivity index (χ1) is 9.94. The van der Waals surface area contributed by atoms with Crippen LogP contribution in [0.4, 0.5) is 4.79 Å². The fourth-order valence-electron chi connectivity index (χ4n) is 1.57. The van der Waals surface area contributed by atoms with Crippen LogP contribution >= 0.6 is 11.8 Å². The minimum atomic E-state index is -0.553. The molecular formula is C15H29ClN2O4. The fourth-order valence-corrected chi connectivity index (χ4v) is 1.77. The predicted octanol–water partition coefficient (Wildman–Crippen LogP) is 3.14. The molecule has 22 heavy (non-hydrogen) atoms. The van der Waals surface area contributed by atoms with Crippen LogP contribution in [-0.4, -0.2) is 35.9 Å². The second-order valence-corrected chi connectivity index (χ2v) is 7.34. The molecule has 0 radical (unpaired) electrons. The summed E-state index contributed by atoms with van der Waals surface area (Å²) in [6.45, 7) is 11.3. The van der Waals surface area contributed by atoms with E-state index >= 15 is 0 Å². The van der Waals surface area contributed by atoms with Crippen molar-refractivity contribution >= 4 is 23.8 Å². The van der Waals surface area contributed by atoms with Gasteiger partial charge in [0.2, 0.25) is 0 Å². The lowest BCUT2D eigenvalue weighted by molar-refractivity contribution is -0.157. The molecule has 7 heteroatoms. The maximum atomic E-state index is 11.9. The lowest BCUT2D eigenvalue weighted by Gasteiger charge is -2.23. The maximum Gasteiger partial charge on any atom is 0.407 e. The highest BCUT2D eigenvalue weighted by atomic mass is 35.5. The van der Waals surface area contributed by atoms with Gasteiger partial charge in [-0.05, 0) is 72.6 Å². The molecule has 0 bridgehead atoms. The number of hydrogen-bond acceptors (Lipinski definition) is 5. The molecule has 0 spiro atoms. The quantitative estimate of drug-likeness (QED) is 0.424. The van der Waals surface area contributed by atoms with E-state index in [0.717, 1.165) is 12.8 Å². The first kappa shape index (κ1) is 21.0. The second-order valence-electron chi connectivity index (χ2n) is 7.12. The van der Waals surface area contributed by atoms with Gasteiger partial charge in [-0.15, -0.1) is 0 Å². The van der Waals surface area contributed by atoms with Crippen LogP contribution < -0.4 is 10.2 Å². The average Bonchev–Trinajstić information content (AvgIpc) is 2.28. The Morgan fingerprint density at radius 1 is 1.00 bits per heavy atom. The van der Waals surface area contributed by atoms with Gasteiger partial charge in [0.05, 0.1) is 0 Å². The van der Waals surface area contributed by atoms with Gasteiger partial charge in [0, 0.05) is 6.54 Å². The van der Waals surface area contributed by atoms with Crippen molar-refractivity contribution in [3.05, 3.63) is 0 Å². The van der Waals surface area contributed by atoms with Crippen molar-refractivity contribution < 1.29 is 19.1 Å². The van der Waals surface area contributed by atoms with Crippen LogP contribution in [0.5, 0.6) is 0 Å². The number of halogens is 1. The van der Waals surface area contributed by atoms with E-state index in [1.165, 1.54) is 0 Å². The monoisotopic (exact) mass is 336 g/mol. The molecule has 130 valence electrons. The number of alkyl carbamates (subject to hydrolysis) is 1. The number of nitrogens with one attached hydrogen (secondary N) is 2. The molecule has 1 amide bonds. The normalized spacial score (nSPS) is 13.4. The Hall–Kier alpha value is -1.01. The summed E-state index contributed by atoms with van der Waals surface area (Å²) in [6, 6.07) is -0.553. The van der Waals surface area contributed by atoms with E-state index in [1.54, 1.807) is 20.8 Å². The third-order valence-corrected chi connectivity index (χ3v) is 2.67. The molecule has 6 nitrogen and oxygen atoms in total. The molecule has 0 aromatic carbocycles. The molecule has 0 aliphatic heterocycles. The van der Waals surface area contributed by atoms with Crippen LogP contribution in [0, 0.1) is 0 Å². The highest BCUT2D eigenvalue weighted by Crippen LogP contribution is 2.12. The van der Waals surface area contributed by atoms with E-state index in [1.807, 2.05) is 20.8 Å². The van der Waals surface area contributed by atoms with Crippen molar-refractivity contribution in [3.8, 4) is 0 Å². The van der Waals surface area contributed by atoms with Crippen molar-refractivity contribution in [2.75, 3.05) is 6.54 Å². The van der Waals surface area contributed by atoms with Gasteiger partial charge in [0.25, 0.3) is 0 Å². The van der Waals surface area contributed by atoms with Crippen molar-refractivity contribution in [1.29, 1.82) is 0 Å². The van der Waals surface area contributed by atoms with Gasteiger partial charge >= 0.3 is 12.1 Å².